The van der Waals surface area contributed by atoms with Crippen LogP contribution in [-0.2, 0) is 0 Å². The Kier molecular flexibility index (Phi) is 3.12. The second kappa shape index (κ2) is 4.94. The molecule has 0 aliphatic carbocycles. The smallest absolute Gasteiger partial charge is 0.193 e. The minimum Gasteiger partial charge on any atom is -0.484 e. The molecule has 0 saturated heterocycles. The summed E-state index contributed by atoms with van der Waals surface area (Å²) in [5, 5.41) is 0. The largest absolute Gasteiger partial charge is 0.484 e. The number of halogens is 1. The topological polar surface area (TPSA) is 61.5 Å². The van der Waals surface area contributed by atoms with Gasteiger partial charge < -0.3 is 9.47 Å². The van der Waals surface area contributed by atoms with Crippen LogP contribution in [0.15, 0.2) is 42.5 Å². The van der Waals surface area contributed by atoms with Crippen LogP contribution >= 0.6 is 0 Å². The molecular formula is C15H12FNO3. The minimum atomic E-state index is -0.499. The third kappa shape index (κ3) is 2.35. The Balaban J connectivity index is 1.91. The van der Waals surface area contributed by atoms with Crippen LogP contribution in [0.5, 0.6) is 11.5 Å². The minimum absolute atomic E-state index is 0.203. The van der Waals surface area contributed by atoms with E-state index in [0.29, 0.717) is 22.6 Å². The zero-order valence-corrected chi connectivity index (χ0v) is 10.5. The standard InChI is InChI=1S/C15H12FNO3/c16-11-4-1-9(2-5-11)15(18)10-3-6-12-13(7-10)19-8-14(17)20-12/h1-7,14H,8,17H2. The maximum absolute atomic E-state index is 12.9. The van der Waals surface area contributed by atoms with Gasteiger partial charge in [0.05, 0.1) is 0 Å². The van der Waals surface area contributed by atoms with Gasteiger partial charge in [0, 0.05) is 11.1 Å². The highest BCUT2D eigenvalue weighted by Crippen LogP contribution is 2.32. The van der Waals surface area contributed by atoms with E-state index in [4.69, 9.17) is 15.2 Å². The van der Waals surface area contributed by atoms with E-state index in [1.807, 2.05) is 0 Å². The number of rotatable bonds is 2. The third-order valence-electron chi connectivity index (χ3n) is 2.99. The first kappa shape index (κ1) is 12.6. The summed E-state index contributed by atoms with van der Waals surface area (Å²) in [4.78, 5) is 12.3. The molecular weight excluding hydrogens is 261 g/mol. The normalized spacial score (nSPS) is 16.8. The highest BCUT2D eigenvalue weighted by atomic mass is 19.1. The first-order valence-electron chi connectivity index (χ1n) is 6.13. The van der Waals surface area contributed by atoms with Crippen molar-refractivity contribution in [2.45, 2.75) is 6.23 Å². The van der Waals surface area contributed by atoms with Crippen LogP contribution in [0.25, 0.3) is 0 Å². The van der Waals surface area contributed by atoms with Crippen molar-refractivity contribution >= 4 is 5.78 Å². The number of carbonyl (C=O) groups is 1. The second-order valence-corrected chi connectivity index (χ2v) is 4.46. The van der Waals surface area contributed by atoms with Crippen LogP contribution in [0.1, 0.15) is 15.9 Å². The number of carbonyl (C=O) groups excluding carboxylic acids is 1. The summed E-state index contributed by atoms with van der Waals surface area (Å²) in [7, 11) is 0. The van der Waals surface area contributed by atoms with Crippen molar-refractivity contribution in [1.82, 2.24) is 0 Å². The van der Waals surface area contributed by atoms with E-state index < -0.39 is 6.23 Å². The van der Waals surface area contributed by atoms with Crippen LogP contribution in [-0.4, -0.2) is 18.6 Å². The highest BCUT2D eigenvalue weighted by molar-refractivity contribution is 6.09. The predicted octanol–water partition coefficient (Wildman–Crippen LogP) is 2.11. The summed E-state index contributed by atoms with van der Waals surface area (Å²) in [6.45, 7) is 0.237. The van der Waals surface area contributed by atoms with Crippen molar-refractivity contribution in [2.24, 2.45) is 5.73 Å². The number of ketones is 1. The van der Waals surface area contributed by atoms with E-state index in [1.165, 1.54) is 24.3 Å². The number of hydrogen-bond acceptors (Lipinski definition) is 4. The molecule has 102 valence electrons. The molecule has 0 radical (unpaired) electrons. The molecule has 3 rings (SSSR count). The number of hydrogen-bond donors (Lipinski definition) is 1. The fourth-order valence-electron chi connectivity index (χ4n) is 2.00. The first-order chi connectivity index (χ1) is 9.63. The zero-order chi connectivity index (χ0) is 14.1. The molecule has 1 unspecified atom stereocenters. The van der Waals surface area contributed by atoms with Gasteiger partial charge in [0.25, 0.3) is 0 Å². The molecule has 1 heterocycles. The number of benzene rings is 2. The molecule has 0 saturated carbocycles. The Hall–Kier alpha value is -2.40. The van der Waals surface area contributed by atoms with Crippen molar-refractivity contribution in [3.05, 3.63) is 59.4 Å². The van der Waals surface area contributed by atoms with Gasteiger partial charge >= 0.3 is 0 Å². The maximum atomic E-state index is 12.9. The van der Waals surface area contributed by atoms with E-state index in [1.54, 1.807) is 18.2 Å². The SMILES string of the molecule is NC1COc2cc(C(=O)c3ccc(F)cc3)ccc2O1. The Bertz CT molecular complexity index is 655. The van der Waals surface area contributed by atoms with Gasteiger partial charge in [0.2, 0.25) is 0 Å². The molecule has 0 fully saturated rings. The summed E-state index contributed by atoms with van der Waals surface area (Å²) < 4.78 is 23.7. The van der Waals surface area contributed by atoms with Gasteiger partial charge in [0.1, 0.15) is 12.4 Å². The van der Waals surface area contributed by atoms with Crippen molar-refractivity contribution in [1.29, 1.82) is 0 Å². The van der Waals surface area contributed by atoms with E-state index in [0.717, 1.165) is 0 Å². The summed E-state index contributed by atoms with van der Waals surface area (Å²) in [5.41, 5.74) is 6.47. The lowest BCUT2D eigenvalue weighted by molar-refractivity contribution is 0.0950. The average molecular weight is 273 g/mol. The molecule has 0 aromatic heterocycles. The Labute approximate surface area is 114 Å². The molecule has 0 amide bonds. The van der Waals surface area contributed by atoms with Crippen molar-refractivity contribution < 1.29 is 18.7 Å². The summed E-state index contributed by atoms with van der Waals surface area (Å²) in [5.74, 6) is 0.419. The van der Waals surface area contributed by atoms with Crippen molar-refractivity contribution in [3.8, 4) is 11.5 Å². The Morgan fingerprint density at radius 3 is 2.55 bits per heavy atom. The monoisotopic (exact) mass is 273 g/mol. The molecule has 0 bridgehead atoms. The Morgan fingerprint density at radius 1 is 1.10 bits per heavy atom. The molecule has 2 aromatic rings. The van der Waals surface area contributed by atoms with Gasteiger partial charge in [-0.2, -0.15) is 0 Å². The number of ether oxygens (including phenoxy) is 2. The molecule has 1 aliphatic rings. The quantitative estimate of drug-likeness (QED) is 0.851. The van der Waals surface area contributed by atoms with Gasteiger partial charge in [0.15, 0.2) is 23.5 Å². The third-order valence-corrected chi connectivity index (χ3v) is 2.99. The average Bonchev–Trinajstić information content (AvgIpc) is 2.47. The molecule has 2 N–H and O–H groups in total. The molecule has 4 nitrogen and oxygen atoms in total. The molecule has 5 heteroatoms. The van der Waals surface area contributed by atoms with Gasteiger partial charge in [-0.05, 0) is 42.5 Å². The van der Waals surface area contributed by atoms with Crippen LogP contribution < -0.4 is 15.2 Å². The molecule has 20 heavy (non-hydrogen) atoms. The van der Waals surface area contributed by atoms with Crippen LogP contribution in [0, 0.1) is 5.82 Å². The van der Waals surface area contributed by atoms with Crippen molar-refractivity contribution in [3.63, 3.8) is 0 Å². The lowest BCUT2D eigenvalue weighted by Gasteiger charge is -2.23. The van der Waals surface area contributed by atoms with Gasteiger partial charge in [-0.1, -0.05) is 0 Å². The molecule has 1 atom stereocenters. The zero-order valence-electron chi connectivity index (χ0n) is 10.5. The van der Waals surface area contributed by atoms with Crippen LogP contribution in [0.3, 0.4) is 0 Å². The lowest BCUT2D eigenvalue weighted by atomic mass is 10.0. The maximum Gasteiger partial charge on any atom is 0.193 e. The van der Waals surface area contributed by atoms with Crippen LogP contribution in [0.2, 0.25) is 0 Å². The lowest BCUT2D eigenvalue weighted by Crippen LogP contribution is -2.36. The predicted molar refractivity (Wildman–Crippen MR) is 70.4 cm³/mol. The summed E-state index contributed by atoms with van der Waals surface area (Å²) in [6.07, 6.45) is -0.499. The summed E-state index contributed by atoms with van der Waals surface area (Å²) in [6, 6.07) is 10.3. The molecule has 2 aromatic carbocycles. The highest BCUT2D eigenvalue weighted by Gasteiger charge is 2.19. The first-order valence-corrected chi connectivity index (χ1v) is 6.13. The van der Waals surface area contributed by atoms with Gasteiger partial charge in [-0.15, -0.1) is 0 Å². The number of fused-ring (bicyclic) bond motifs is 1. The fraction of sp³-hybridized carbons (Fsp3) is 0.133. The van der Waals surface area contributed by atoms with Crippen molar-refractivity contribution in [2.75, 3.05) is 6.61 Å². The Morgan fingerprint density at radius 2 is 1.80 bits per heavy atom. The summed E-state index contributed by atoms with van der Waals surface area (Å²) >= 11 is 0. The molecule has 1 aliphatic heterocycles. The van der Waals surface area contributed by atoms with Gasteiger partial charge in [-0.3, -0.25) is 10.5 Å². The number of nitrogens with two attached hydrogens (primary N) is 1. The molecule has 0 spiro atoms. The van der Waals surface area contributed by atoms with E-state index >= 15 is 0 Å². The van der Waals surface area contributed by atoms with E-state index in [9.17, 15) is 9.18 Å². The second-order valence-electron chi connectivity index (χ2n) is 4.46. The van der Waals surface area contributed by atoms with Crippen LogP contribution in [0.4, 0.5) is 4.39 Å². The van der Waals surface area contributed by atoms with Gasteiger partial charge in [-0.25, -0.2) is 4.39 Å². The fourth-order valence-corrected chi connectivity index (χ4v) is 2.00. The van der Waals surface area contributed by atoms with E-state index in [2.05, 4.69) is 0 Å². The van der Waals surface area contributed by atoms with E-state index in [-0.39, 0.29) is 18.2 Å².